The number of rotatable bonds is 2. The minimum absolute atomic E-state index is 0.309. The lowest BCUT2D eigenvalue weighted by molar-refractivity contribution is 0.570. The maximum Gasteiger partial charge on any atom is 0.201 e. The number of nitriles is 1. The maximum atomic E-state index is 9.15. The zero-order valence-corrected chi connectivity index (χ0v) is 11.9. The van der Waals surface area contributed by atoms with Gasteiger partial charge in [0.25, 0.3) is 0 Å². The molecule has 0 aliphatic heterocycles. The fourth-order valence-electron chi connectivity index (χ4n) is 1.84. The third-order valence-electron chi connectivity index (χ3n) is 2.68. The van der Waals surface area contributed by atoms with Crippen LogP contribution in [-0.4, -0.2) is 0 Å². The molecule has 0 atom stereocenters. The highest BCUT2D eigenvalue weighted by molar-refractivity contribution is 7.19. The summed E-state index contributed by atoms with van der Waals surface area (Å²) in [6.45, 7) is 0. The summed E-state index contributed by atoms with van der Waals surface area (Å²) in [7, 11) is 0. The van der Waals surface area contributed by atoms with Gasteiger partial charge in [0.2, 0.25) is 5.22 Å². The Balaban J connectivity index is 2.31. The fourth-order valence-corrected chi connectivity index (χ4v) is 4.01. The van der Waals surface area contributed by atoms with Gasteiger partial charge in [-0.25, -0.2) is 0 Å². The van der Waals surface area contributed by atoms with Crippen molar-refractivity contribution in [3.8, 4) is 27.0 Å². The van der Waals surface area contributed by atoms with Crippen LogP contribution in [0, 0.1) is 11.3 Å². The summed E-state index contributed by atoms with van der Waals surface area (Å²) in [5, 5.41) is 11.4. The summed E-state index contributed by atoms with van der Waals surface area (Å²) in [4.78, 5) is 2.38. The number of furan rings is 1. The van der Waals surface area contributed by atoms with Crippen LogP contribution in [0.15, 0.2) is 34.3 Å². The van der Waals surface area contributed by atoms with Crippen LogP contribution in [0.5, 0.6) is 0 Å². The van der Waals surface area contributed by atoms with Crippen molar-refractivity contribution in [1.29, 1.82) is 5.26 Å². The van der Waals surface area contributed by atoms with Crippen LogP contribution in [0.2, 0.25) is 5.22 Å². The number of nitrogens with zero attached hydrogens (tertiary/aromatic N) is 1. The van der Waals surface area contributed by atoms with Crippen molar-refractivity contribution in [3.05, 3.63) is 39.9 Å². The number of nitrogen functional groups attached to an aromatic ring is 1. The fraction of sp³-hybridized carbons (Fsp3) is 0. The average Bonchev–Trinajstić information content (AvgIpc) is 3.09. The zero-order valence-electron chi connectivity index (χ0n) is 9.51. The van der Waals surface area contributed by atoms with Crippen molar-refractivity contribution in [2.24, 2.45) is 0 Å². The number of hydrogen-bond donors (Lipinski definition) is 1. The Hall–Kier alpha value is -1.74. The minimum atomic E-state index is 0.309. The largest absolute Gasteiger partial charge is 0.452 e. The maximum absolute atomic E-state index is 9.15. The van der Waals surface area contributed by atoms with Crippen molar-refractivity contribution >= 4 is 40.0 Å². The monoisotopic (exact) mass is 306 g/mol. The molecule has 0 radical (unpaired) electrons. The smallest absolute Gasteiger partial charge is 0.201 e. The van der Waals surface area contributed by atoms with Gasteiger partial charge in [-0.3, -0.25) is 0 Å². The van der Waals surface area contributed by atoms with Crippen molar-refractivity contribution < 1.29 is 4.42 Å². The molecule has 6 heteroatoms. The summed E-state index contributed by atoms with van der Waals surface area (Å²) in [6.07, 6.45) is 1.53. The molecule has 0 aliphatic rings. The van der Waals surface area contributed by atoms with Gasteiger partial charge in [0.1, 0.15) is 10.9 Å². The number of anilines is 1. The molecule has 0 bridgehead atoms. The molecule has 0 spiro atoms. The second-order valence-electron chi connectivity index (χ2n) is 3.75. The van der Waals surface area contributed by atoms with Gasteiger partial charge in [0.15, 0.2) is 0 Å². The lowest BCUT2D eigenvalue weighted by atomic mass is 10.1. The van der Waals surface area contributed by atoms with Crippen molar-refractivity contribution in [3.63, 3.8) is 0 Å². The molecule has 0 aliphatic carbocycles. The van der Waals surface area contributed by atoms with Crippen molar-refractivity contribution in [2.45, 2.75) is 0 Å². The van der Waals surface area contributed by atoms with E-state index in [-0.39, 0.29) is 0 Å². The van der Waals surface area contributed by atoms with Gasteiger partial charge in [-0.1, -0.05) is 6.07 Å². The van der Waals surface area contributed by atoms with Gasteiger partial charge in [-0.15, -0.1) is 22.7 Å². The molecule has 19 heavy (non-hydrogen) atoms. The summed E-state index contributed by atoms with van der Waals surface area (Å²) >= 11 is 8.94. The molecule has 0 saturated heterocycles. The Labute approximate surface area is 122 Å². The molecule has 3 aromatic heterocycles. The highest BCUT2D eigenvalue weighted by Gasteiger charge is 2.22. The number of hydrogen-bond acceptors (Lipinski definition) is 5. The first-order valence-electron chi connectivity index (χ1n) is 5.32. The Morgan fingerprint density at radius 3 is 2.79 bits per heavy atom. The molecule has 3 rings (SSSR count). The number of nitrogens with two attached hydrogens (primary N) is 1. The first-order chi connectivity index (χ1) is 9.22. The molecular formula is C13H7ClN2OS2. The number of halogens is 1. The van der Waals surface area contributed by atoms with Gasteiger partial charge in [0, 0.05) is 10.4 Å². The van der Waals surface area contributed by atoms with E-state index in [9.17, 15) is 0 Å². The molecule has 3 aromatic rings. The summed E-state index contributed by atoms with van der Waals surface area (Å²) in [6, 6.07) is 7.83. The molecule has 3 heterocycles. The van der Waals surface area contributed by atoms with E-state index < -0.39 is 0 Å². The lowest BCUT2D eigenvalue weighted by Gasteiger charge is -2.01. The predicted molar refractivity (Wildman–Crippen MR) is 79.5 cm³/mol. The van der Waals surface area contributed by atoms with Crippen LogP contribution in [0.25, 0.3) is 20.9 Å². The highest BCUT2D eigenvalue weighted by atomic mass is 35.5. The zero-order chi connectivity index (χ0) is 13.4. The molecule has 0 unspecified atom stereocenters. The third-order valence-corrected chi connectivity index (χ3v) is 5.00. The predicted octanol–water partition coefficient (Wildman–Crippen LogP) is 4.84. The Bertz CT molecular complexity index is 765. The van der Waals surface area contributed by atoms with E-state index in [1.165, 1.54) is 17.6 Å². The minimum Gasteiger partial charge on any atom is -0.452 e. The molecule has 0 amide bonds. The third kappa shape index (κ3) is 1.94. The Morgan fingerprint density at radius 2 is 2.21 bits per heavy atom. The molecule has 2 N–H and O–H groups in total. The molecule has 0 fully saturated rings. The summed E-state index contributed by atoms with van der Waals surface area (Å²) < 4.78 is 5.13. The summed E-state index contributed by atoms with van der Waals surface area (Å²) in [5.41, 5.74) is 8.21. The summed E-state index contributed by atoms with van der Waals surface area (Å²) in [5.74, 6) is 0. The molecule has 3 nitrogen and oxygen atoms in total. The molecular weight excluding hydrogens is 300 g/mol. The van der Waals surface area contributed by atoms with Gasteiger partial charge in [0.05, 0.1) is 22.4 Å². The van der Waals surface area contributed by atoms with Crippen LogP contribution in [0.1, 0.15) is 4.88 Å². The standard InChI is InChI=1S/C13H7ClN2OS2/c14-13-7(3-4-17-13)12-10(8-2-1-5-18-8)11(16)9(6-15)19-12/h1-5H,16H2. The van der Waals surface area contributed by atoms with E-state index in [1.807, 2.05) is 17.5 Å². The first-order valence-corrected chi connectivity index (χ1v) is 7.39. The van der Waals surface area contributed by atoms with Gasteiger partial charge >= 0.3 is 0 Å². The Morgan fingerprint density at radius 1 is 1.37 bits per heavy atom. The van der Waals surface area contributed by atoms with Crippen molar-refractivity contribution in [1.82, 2.24) is 0 Å². The van der Waals surface area contributed by atoms with Gasteiger partial charge in [-0.2, -0.15) is 5.26 Å². The van der Waals surface area contributed by atoms with E-state index in [2.05, 4.69) is 6.07 Å². The molecule has 0 saturated carbocycles. The van der Waals surface area contributed by atoms with E-state index in [4.69, 9.17) is 27.0 Å². The molecule has 0 aromatic carbocycles. The second kappa shape index (κ2) is 4.74. The van der Waals surface area contributed by atoms with E-state index >= 15 is 0 Å². The second-order valence-corrected chi connectivity index (χ2v) is 6.06. The van der Waals surface area contributed by atoms with E-state index in [0.29, 0.717) is 15.8 Å². The lowest BCUT2D eigenvalue weighted by Crippen LogP contribution is -1.87. The van der Waals surface area contributed by atoms with Crippen LogP contribution in [-0.2, 0) is 0 Å². The van der Waals surface area contributed by atoms with E-state index in [1.54, 1.807) is 17.4 Å². The Kier molecular flexibility index (Phi) is 3.07. The average molecular weight is 307 g/mol. The SMILES string of the molecule is N#Cc1sc(-c2ccoc2Cl)c(-c2cccs2)c1N. The molecule has 94 valence electrons. The first kappa shape index (κ1) is 12.3. The van der Waals surface area contributed by atoms with Crippen molar-refractivity contribution in [2.75, 3.05) is 5.73 Å². The quantitative estimate of drug-likeness (QED) is 0.736. The van der Waals surface area contributed by atoms with Crippen LogP contribution < -0.4 is 5.73 Å². The van der Waals surface area contributed by atoms with Gasteiger partial charge in [-0.05, 0) is 29.1 Å². The van der Waals surface area contributed by atoms with E-state index in [0.717, 1.165) is 20.9 Å². The normalized spacial score (nSPS) is 10.5. The van der Waals surface area contributed by atoms with Crippen LogP contribution in [0.4, 0.5) is 5.69 Å². The van der Waals surface area contributed by atoms with Crippen LogP contribution in [0.3, 0.4) is 0 Å². The van der Waals surface area contributed by atoms with Crippen LogP contribution >= 0.6 is 34.3 Å². The number of thiophene rings is 2. The topological polar surface area (TPSA) is 63.0 Å². The van der Waals surface area contributed by atoms with Gasteiger partial charge < -0.3 is 10.2 Å². The highest BCUT2D eigenvalue weighted by Crippen LogP contribution is 2.48.